The molecule has 0 bridgehead atoms. The standard InChI is InChI=1S/C14H15FIN3O2/c15-10-5-3-7-19-12(16)11(17-13(10)19)8-9-4-1-2-6-18(9)14(20)21/h3,5,7,9H,1-2,4,6,8H2,(H,20,21)/t9-/m0/s1. The lowest BCUT2D eigenvalue weighted by Crippen LogP contribution is -2.44. The van der Waals surface area contributed by atoms with Crippen LogP contribution in [-0.2, 0) is 6.42 Å². The predicted octanol–water partition coefficient (Wildman–Crippen LogP) is 3.15. The van der Waals surface area contributed by atoms with Crippen LogP contribution in [0.1, 0.15) is 25.0 Å². The van der Waals surface area contributed by atoms with Gasteiger partial charge in [0.05, 0.1) is 5.69 Å². The van der Waals surface area contributed by atoms with Crippen molar-refractivity contribution in [2.75, 3.05) is 6.54 Å². The molecule has 5 nitrogen and oxygen atoms in total. The topological polar surface area (TPSA) is 57.8 Å². The SMILES string of the molecule is O=C(O)N1CCCC[C@H]1Cc1nc2c(F)cccn2c1I. The number of rotatable bonds is 2. The quantitative estimate of drug-likeness (QED) is 0.784. The Morgan fingerprint density at radius 3 is 3.05 bits per heavy atom. The number of carboxylic acid groups (broad SMARTS) is 1. The number of aromatic nitrogens is 2. The summed E-state index contributed by atoms with van der Waals surface area (Å²) < 4.78 is 16.3. The van der Waals surface area contributed by atoms with E-state index in [0.717, 1.165) is 28.7 Å². The van der Waals surface area contributed by atoms with Crippen molar-refractivity contribution in [3.63, 3.8) is 0 Å². The second-order valence-electron chi connectivity index (χ2n) is 5.23. The van der Waals surface area contributed by atoms with E-state index >= 15 is 0 Å². The van der Waals surface area contributed by atoms with Crippen LogP contribution in [-0.4, -0.2) is 38.1 Å². The normalized spacial score (nSPS) is 19.1. The van der Waals surface area contributed by atoms with Crippen molar-refractivity contribution in [3.8, 4) is 0 Å². The number of pyridine rings is 1. The van der Waals surface area contributed by atoms with Crippen LogP contribution in [0.15, 0.2) is 18.3 Å². The summed E-state index contributed by atoms with van der Waals surface area (Å²) in [4.78, 5) is 17.2. The fourth-order valence-electron chi connectivity index (χ4n) is 2.87. The molecule has 3 rings (SSSR count). The number of amides is 1. The molecule has 0 aromatic carbocycles. The van der Waals surface area contributed by atoms with Gasteiger partial charge in [-0.2, -0.15) is 0 Å². The van der Waals surface area contributed by atoms with Crippen LogP contribution in [0.25, 0.3) is 5.65 Å². The molecule has 0 aliphatic carbocycles. The molecule has 1 saturated heterocycles. The van der Waals surface area contributed by atoms with Gasteiger partial charge in [-0.25, -0.2) is 14.2 Å². The Bertz CT molecular complexity index is 688. The minimum atomic E-state index is -0.885. The van der Waals surface area contributed by atoms with E-state index < -0.39 is 6.09 Å². The Morgan fingerprint density at radius 1 is 1.52 bits per heavy atom. The van der Waals surface area contributed by atoms with Gasteiger partial charge >= 0.3 is 6.09 Å². The highest BCUT2D eigenvalue weighted by atomic mass is 127. The molecule has 1 aliphatic heterocycles. The number of halogens is 2. The minimum Gasteiger partial charge on any atom is -0.465 e. The Kier molecular flexibility index (Phi) is 4.01. The second kappa shape index (κ2) is 5.78. The molecule has 0 spiro atoms. The fourth-order valence-corrected chi connectivity index (χ4v) is 3.60. The van der Waals surface area contributed by atoms with Gasteiger partial charge < -0.3 is 10.0 Å². The van der Waals surface area contributed by atoms with Gasteiger partial charge in [-0.1, -0.05) is 0 Å². The third kappa shape index (κ3) is 2.70. The largest absolute Gasteiger partial charge is 0.465 e. The van der Waals surface area contributed by atoms with Gasteiger partial charge in [0, 0.05) is 25.2 Å². The third-order valence-corrected chi connectivity index (χ3v) is 5.05. The molecule has 0 unspecified atom stereocenters. The zero-order valence-corrected chi connectivity index (χ0v) is 13.5. The monoisotopic (exact) mass is 403 g/mol. The number of hydrogen-bond acceptors (Lipinski definition) is 2. The second-order valence-corrected chi connectivity index (χ2v) is 6.25. The van der Waals surface area contributed by atoms with Crippen molar-refractivity contribution < 1.29 is 14.3 Å². The first kappa shape index (κ1) is 14.6. The maximum Gasteiger partial charge on any atom is 0.407 e. The highest BCUT2D eigenvalue weighted by Gasteiger charge is 2.28. The van der Waals surface area contributed by atoms with Gasteiger partial charge in [-0.3, -0.25) is 4.40 Å². The molecular weight excluding hydrogens is 388 g/mol. The van der Waals surface area contributed by atoms with Crippen molar-refractivity contribution in [3.05, 3.63) is 33.5 Å². The van der Waals surface area contributed by atoms with Crippen molar-refractivity contribution in [2.24, 2.45) is 0 Å². The van der Waals surface area contributed by atoms with Gasteiger partial charge in [0.25, 0.3) is 0 Å². The Balaban J connectivity index is 1.92. The molecular formula is C14H15FIN3O2. The number of imidazole rings is 1. The smallest absolute Gasteiger partial charge is 0.407 e. The van der Waals surface area contributed by atoms with Crippen molar-refractivity contribution in [2.45, 2.75) is 31.7 Å². The molecule has 1 fully saturated rings. The van der Waals surface area contributed by atoms with Gasteiger partial charge in [0.2, 0.25) is 0 Å². The van der Waals surface area contributed by atoms with E-state index in [0.29, 0.717) is 18.6 Å². The summed E-state index contributed by atoms with van der Waals surface area (Å²) in [6, 6.07) is 2.95. The molecule has 1 aliphatic rings. The molecule has 0 radical (unpaired) electrons. The third-order valence-electron chi connectivity index (χ3n) is 3.91. The number of hydrogen-bond donors (Lipinski definition) is 1. The number of fused-ring (bicyclic) bond motifs is 1. The van der Waals surface area contributed by atoms with Crippen LogP contribution in [0.5, 0.6) is 0 Å². The lowest BCUT2D eigenvalue weighted by molar-refractivity contribution is 0.106. The van der Waals surface area contributed by atoms with Gasteiger partial charge in [-0.05, 0) is 54.0 Å². The Hall–Kier alpha value is -1.38. The van der Waals surface area contributed by atoms with Gasteiger partial charge in [0.15, 0.2) is 11.5 Å². The zero-order chi connectivity index (χ0) is 15.0. The number of piperidine rings is 1. The van der Waals surface area contributed by atoms with E-state index in [1.165, 1.54) is 11.0 Å². The van der Waals surface area contributed by atoms with Crippen LogP contribution in [0, 0.1) is 9.52 Å². The van der Waals surface area contributed by atoms with Crippen molar-refractivity contribution in [1.82, 2.24) is 14.3 Å². The van der Waals surface area contributed by atoms with E-state index in [9.17, 15) is 14.3 Å². The average molecular weight is 403 g/mol. The molecule has 112 valence electrons. The van der Waals surface area contributed by atoms with Crippen LogP contribution in [0.2, 0.25) is 0 Å². The number of carbonyl (C=O) groups is 1. The summed E-state index contributed by atoms with van der Waals surface area (Å²) in [5, 5.41) is 9.28. The van der Waals surface area contributed by atoms with Crippen LogP contribution < -0.4 is 0 Å². The molecule has 0 saturated carbocycles. The summed E-state index contributed by atoms with van der Waals surface area (Å²) in [5.41, 5.74) is 1.06. The lowest BCUT2D eigenvalue weighted by Gasteiger charge is -2.33. The van der Waals surface area contributed by atoms with Crippen molar-refractivity contribution >= 4 is 34.3 Å². The molecule has 2 aromatic heterocycles. The van der Waals surface area contributed by atoms with E-state index in [1.54, 1.807) is 16.7 Å². The molecule has 1 amide bonds. The first-order valence-corrected chi connectivity index (χ1v) is 7.96. The van der Waals surface area contributed by atoms with Crippen LogP contribution >= 0.6 is 22.6 Å². The zero-order valence-electron chi connectivity index (χ0n) is 11.3. The van der Waals surface area contributed by atoms with E-state index in [-0.39, 0.29) is 11.9 Å². The van der Waals surface area contributed by atoms with Gasteiger partial charge in [-0.15, -0.1) is 0 Å². The molecule has 1 N–H and O–H groups in total. The highest BCUT2D eigenvalue weighted by molar-refractivity contribution is 14.1. The first-order chi connectivity index (χ1) is 10.1. The summed E-state index contributed by atoms with van der Waals surface area (Å²) in [6.07, 6.45) is 4.17. The van der Waals surface area contributed by atoms with E-state index in [4.69, 9.17) is 0 Å². The van der Waals surface area contributed by atoms with Crippen LogP contribution in [0.3, 0.4) is 0 Å². The minimum absolute atomic E-state index is 0.0715. The average Bonchev–Trinajstić information content (AvgIpc) is 2.78. The molecule has 21 heavy (non-hydrogen) atoms. The highest BCUT2D eigenvalue weighted by Crippen LogP contribution is 2.24. The fraction of sp³-hybridized carbons (Fsp3) is 0.429. The number of nitrogens with zero attached hydrogens (tertiary/aromatic N) is 3. The Morgan fingerprint density at radius 2 is 2.33 bits per heavy atom. The lowest BCUT2D eigenvalue weighted by atomic mass is 9.99. The van der Waals surface area contributed by atoms with E-state index in [2.05, 4.69) is 27.6 Å². The first-order valence-electron chi connectivity index (χ1n) is 6.88. The maximum atomic E-state index is 13.8. The van der Waals surface area contributed by atoms with Crippen molar-refractivity contribution in [1.29, 1.82) is 0 Å². The summed E-state index contributed by atoms with van der Waals surface area (Å²) in [5.74, 6) is -0.361. The number of likely N-dealkylation sites (tertiary alicyclic amines) is 1. The molecule has 2 aromatic rings. The molecule has 7 heteroatoms. The maximum absolute atomic E-state index is 13.8. The predicted molar refractivity (Wildman–Crippen MR) is 83.9 cm³/mol. The molecule has 3 heterocycles. The summed E-state index contributed by atoms with van der Waals surface area (Å²) in [6.45, 7) is 0.568. The van der Waals surface area contributed by atoms with Gasteiger partial charge in [0.1, 0.15) is 3.70 Å². The Labute approximate surface area is 134 Å². The molecule has 1 atom stereocenters. The van der Waals surface area contributed by atoms with E-state index in [1.807, 2.05) is 0 Å². The summed E-state index contributed by atoms with van der Waals surface area (Å²) in [7, 11) is 0. The van der Waals surface area contributed by atoms with Crippen LogP contribution in [0.4, 0.5) is 9.18 Å². The summed E-state index contributed by atoms with van der Waals surface area (Å²) >= 11 is 2.14.